The van der Waals surface area contributed by atoms with Crippen molar-refractivity contribution in [2.24, 2.45) is 0 Å². The van der Waals surface area contributed by atoms with Gasteiger partial charge in [0.25, 0.3) is 0 Å². The molecule has 0 aliphatic rings. The van der Waals surface area contributed by atoms with E-state index in [1.165, 1.54) is 0 Å². The lowest BCUT2D eigenvalue weighted by atomic mass is 9.85. The summed E-state index contributed by atoms with van der Waals surface area (Å²) < 4.78 is 537. The molecule has 2 heterocycles. The molecule has 19 aromatic carbocycles. The molecule has 0 radical (unpaired) electrons. The summed E-state index contributed by atoms with van der Waals surface area (Å²) in [6.07, 6.45) is 0. The molecule has 0 saturated heterocycles. The quantitative estimate of drug-likeness (QED) is 0.123. The third-order valence-electron chi connectivity index (χ3n) is 16.2. The highest BCUT2D eigenvalue weighted by molar-refractivity contribution is 6.25. The van der Waals surface area contributed by atoms with Crippen molar-refractivity contribution in [3.05, 3.63) is 350 Å². The van der Waals surface area contributed by atoms with Gasteiger partial charge in [0, 0.05) is 21.5 Å². The molecule has 0 aliphatic carbocycles. The molecule has 0 atom stereocenters. The van der Waals surface area contributed by atoms with Crippen LogP contribution in [0, 0.1) is 0 Å². The van der Waals surface area contributed by atoms with Gasteiger partial charge in [-0.3, -0.25) is 0 Å². The van der Waals surface area contributed by atoms with Gasteiger partial charge in [-0.25, -0.2) is 0 Å². The van der Waals surface area contributed by atoms with E-state index in [9.17, 15) is 31.5 Å². The molecule has 0 spiro atoms. The second-order valence-electron chi connectivity index (χ2n) is 21.5. The molecule has 21 rings (SSSR count). The van der Waals surface area contributed by atoms with E-state index in [4.69, 9.17) is 56.8 Å². The summed E-state index contributed by atoms with van der Waals surface area (Å²) >= 11 is 0. The Labute approximate surface area is 646 Å². The fraction of sp³-hybridized carbons (Fsp3) is 0. The van der Waals surface area contributed by atoms with Gasteiger partial charge in [-0.2, -0.15) is 0 Å². The summed E-state index contributed by atoms with van der Waals surface area (Å²) in [6, 6.07) is -53.7. The van der Waals surface area contributed by atoms with Crippen molar-refractivity contribution in [3.8, 4) is 66.8 Å². The van der Waals surface area contributed by atoms with Crippen LogP contribution in [0.15, 0.2) is 359 Å². The zero-order valence-corrected chi connectivity index (χ0v) is 48.8. The highest BCUT2D eigenvalue weighted by Crippen LogP contribution is 2.49. The van der Waals surface area contributed by atoms with Crippen LogP contribution in [0.25, 0.3) is 208 Å². The Bertz CT molecular complexity index is 10300. The molecule has 2 nitrogen and oxygen atoms in total. The van der Waals surface area contributed by atoms with Gasteiger partial charge in [-0.05, 0) is 218 Å². The van der Waals surface area contributed by atoms with E-state index in [0.29, 0.717) is 0 Å². The van der Waals surface area contributed by atoms with Crippen molar-refractivity contribution >= 4 is 141 Å². The topological polar surface area (TPSA) is 26.3 Å². The Hall–Kier alpha value is -12.9. The number of furan rings is 2. The molecule has 454 valence electrons. The molecular formula is C96H58O2. The van der Waals surface area contributed by atoms with Gasteiger partial charge < -0.3 is 8.83 Å². The van der Waals surface area contributed by atoms with E-state index >= 15 is 0 Å². The lowest BCUT2D eigenvalue weighted by molar-refractivity contribution is 0.669. The smallest absolute Gasteiger partial charge is 0.136 e. The SMILES string of the molecule is [2H]c1c([2H])c(-c2c([2H])c([2H])c([2H])c3c([2H])c([2H])c([2H])c([2H])c23)c([2H])c(-c2c3c([2H])c([2H])c([2H])c([2H])c3c(-c3c([2H])c([2H])c4oc5c([2H])c6c([2H])c([2H])c([2H])c([2H])c6c([2H])c5c4c3[2H])c3c([2H])c([2H])c([2H])c([2H])c23)c1[2H].[2H]c1c([2H])c(-c2c([2H])c([2H])c([2H])c3c([2H])c([2H])c4c([2H])c([2H])c([2H])c([2H])c4c23)c([2H])c([2H])c1-c1c2c([2H])c([2H])c([2H])c([2H])c2c(-c2c([2H])c([2H])c3oc4c([2H])c5c([2H])c([2H])c([2H])c([2H])c5c([2H])c4c3c2[2H])c2c([2H])c([2H])c([2H])c([2H])c12. The monoisotopic (exact) mass is 1300 g/mol. The second kappa shape index (κ2) is 22.4. The van der Waals surface area contributed by atoms with E-state index in [1.54, 1.807) is 0 Å². The van der Waals surface area contributed by atoms with Gasteiger partial charge >= 0.3 is 0 Å². The van der Waals surface area contributed by atoms with Crippen molar-refractivity contribution in [1.82, 2.24) is 0 Å². The van der Waals surface area contributed by atoms with Crippen molar-refractivity contribution < 1.29 is 88.3 Å². The van der Waals surface area contributed by atoms with Gasteiger partial charge in [-0.1, -0.05) is 296 Å². The van der Waals surface area contributed by atoms with Crippen molar-refractivity contribution in [2.45, 2.75) is 0 Å². The first kappa shape index (κ1) is 22.9. The summed E-state index contributed by atoms with van der Waals surface area (Å²) in [6.45, 7) is 0. The molecular weight excluding hydrogens is 1190 g/mol. The van der Waals surface area contributed by atoms with Crippen molar-refractivity contribution in [3.63, 3.8) is 0 Å². The molecule has 2 aromatic heterocycles. The maximum Gasteiger partial charge on any atom is 0.136 e. The molecule has 0 amide bonds. The lowest BCUT2D eigenvalue weighted by Crippen LogP contribution is -1.91. The molecule has 0 unspecified atom stereocenters. The minimum Gasteiger partial charge on any atom is -0.456 e. The first-order chi connectivity index (χ1) is 72.8. The third kappa shape index (κ3) is 8.96. The van der Waals surface area contributed by atoms with E-state index in [0.717, 1.165) is 0 Å². The highest BCUT2D eigenvalue weighted by atomic mass is 16.3. The minimum atomic E-state index is -1.15. The van der Waals surface area contributed by atoms with Gasteiger partial charge in [0.05, 0.1) is 79.5 Å². The molecule has 2 heteroatoms. The van der Waals surface area contributed by atoms with Crippen LogP contribution in [0.5, 0.6) is 0 Å². The van der Waals surface area contributed by atoms with E-state index in [1.807, 2.05) is 0 Å². The normalized spacial score (nSPS) is 20.2. The van der Waals surface area contributed by atoms with Crippen LogP contribution in [0.2, 0.25) is 0 Å². The zero-order valence-electron chi connectivity index (χ0n) is 107. The van der Waals surface area contributed by atoms with Crippen molar-refractivity contribution in [1.29, 1.82) is 0 Å². The van der Waals surface area contributed by atoms with Crippen LogP contribution in [-0.4, -0.2) is 0 Å². The summed E-state index contributed by atoms with van der Waals surface area (Å²) in [7, 11) is 0. The van der Waals surface area contributed by atoms with E-state index in [2.05, 4.69) is 0 Å². The Kier molecular flexibility index (Phi) is 5.24. The van der Waals surface area contributed by atoms with Crippen LogP contribution < -0.4 is 0 Å². The molecule has 0 aliphatic heterocycles. The van der Waals surface area contributed by atoms with E-state index < -0.39 is 558 Å². The lowest BCUT2D eigenvalue weighted by Gasteiger charge is -2.18. The van der Waals surface area contributed by atoms with Crippen molar-refractivity contribution in [2.75, 3.05) is 0 Å². The largest absolute Gasteiger partial charge is 0.456 e. The Morgan fingerprint density at radius 3 is 0.969 bits per heavy atom. The summed E-state index contributed by atoms with van der Waals surface area (Å²) in [5.41, 5.74) is -12.1. The number of fused-ring (bicyclic) bond motifs is 16. The minimum absolute atomic E-state index is 0.452. The van der Waals surface area contributed by atoms with Crippen LogP contribution in [0.3, 0.4) is 0 Å². The van der Waals surface area contributed by atoms with Gasteiger partial charge in [0.1, 0.15) is 22.3 Å². The van der Waals surface area contributed by atoms with Crippen LogP contribution in [0.4, 0.5) is 0 Å². The fourth-order valence-electron chi connectivity index (χ4n) is 12.0. The van der Waals surface area contributed by atoms with E-state index in [-0.39, 0.29) is 0 Å². The molecule has 0 bridgehead atoms. The van der Waals surface area contributed by atoms with Crippen LogP contribution >= 0.6 is 0 Å². The maximum absolute atomic E-state index is 9.87. The standard InChI is InChI=1S/C50H30O.C46H28O/c1-2-12-36-30-47-45(28-35(36)11-1)44-29-37(26-27-46(44)51-47)50-42-17-7-5-15-40(42)49(41-16-6-8-18-43(41)50)34-24-21-32(22-25-34)39-19-9-13-33-23-20-31-10-3-4-14-38(31)48(33)39;1-2-13-31-28-44-42(26-30(31)12-1)41-27-34(23-24-43(41)47-44)46-39-20-7-5-18-37(39)45(38-19-6-8-21-40(38)46)33-16-9-15-32(25-33)36-22-10-14-29-11-3-4-17-35(29)36/h1-30H;1-28H/i1D,2D,3D,4D,5D,6D,7D,8D,9D,10D,11D,12D,13D,14D,15D,16D,17D,18D,19D,20D,21D,22D,23D,24D,25D,26D,27D,28D,29D,30D;1D,2D,3D,4D,5D,6D,7D,8D,9D,10D,11D,12D,13D,14D,15D,16D,17D,18D,19D,20D,21D,22D,23D,24D,25D,26D,27D,28D. The Morgan fingerprint density at radius 1 is 0.163 bits per heavy atom. The number of benzene rings is 19. The van der Waals surface area contributed by atoms with Crippen LogP contribution in [0.1, 0.15) is 79.5 Å². The predicted octanol–water partition coefficient (Wildman–Crippen LogP) is 27.6. The average molecular weight is 1300 g/mol. The Morgan fingerprint density at radius 2 is 0.480 bits per heavy atom. The first-order valence-corrected chi connectivity index (χ1v) is 29.1. The number of hydrogen-bond acceptors (Lipinski definition) is 2. The molecule has 0 N–H and O–H groups in total. The van der Waals surface area contributed by atoms with Gasteiger partial charge in [0.15, 0.2) is 0 Å². The highest BCUT2D eigenvalue weighted by Gasteiger charge is 2.22. The number of rotatable bonds is 6. The third-order valence-corrected chi connectivity index (χ3v) is 16.2. The Balaban J connectivity index is 0.000000188. The number of hydrogen-bond donors (Lipinski definition) is 0. The first-order valence-electron chi connectivity index (χ1n) is 58.1. The predicted molar refractivity (Wildman–Crippen MR) is 418 cm³/mol. The summed E-state index contributed by atoms with van der Waals surface area (Å²) in [4.78, 5) is 0. The molecule has 98 heavy (non-hydrogen) atoms. The second-order valence-corrected chi connectivity index (χ2v) is 21.5. The average Bonchev–Trinajstić information content (AvgIpc) is 1.13. The zero-order chi connectivity index (χ0) is 115. The molecule has 0 saturated carbocycles. The summed E-state index contributed by atoms with van der Waals surface area (Å²) in [5.74, 6) is 0. The summed E-state index contributed by atoms with van der Waals surface area (Å²) in [5, 5.41) is -13.7. The molecule has 21 aromatic rings. The van der Waals surface area contributed by atoms with Gasteiger partial charge in [0.2, 0.25) is 0 Å². The van der Waals surface area contributed by atoms with Crippen LogP contribution in [-0.2, 0) is 0 Å². The van der Waals surface area contributed by atoms with Gasteiger partial charge in [-0.15, -0.1) is 0 Å². The fourth-order valence-corrected chi connectivity index (χ4v) is 12.0. The molecule has 0 fully saturated rings. The maximum atomic E-state index is 9.87.